The minimum atomic E-state index is -0.538. The largest absolute Gasteiger partial charge is 0.493 e. The zero-order valence-corrected chi connectivity index (χ0v) is 17.7. The molecule has 8 nitrogen and oxygen atoms in total. The van der Waals surface area contributed by atoms with Crippen LogP contribution in [0.1, 0.15) is 46.9 Å². The lowest BCUT2D eigenvalue weighted by Crippen LogP contribution is -2.41. The molecule has 0 atom stereocenters. The number of nitrogens with one attached hydrogen (secondary N) is 2. The Morgan fingerprint density at radius 3 is 2.07 bits per heavy atom. The van der Waals surface area contributed by atoms with E-state index in [1.807, 2.05) is 0 Å². The van der Waals surface area contributed by atoms with Crippen molar-refractivity contribution in [3.8, 4) is 23.0 Å². The Balaban J connectivity index is 2.07. The van der Waals surface area contributed by atoms with Crippen LogP contribution < -0.4 is 29.8 Å². The van der Waals surface area contributed by atoms with Crippen LogP contribution in [-0.2, 0) is 0 Å². The fraction of sp³-hybridized carbons (Fsp3) is 0.364. The van der Waals surface area contributed by atoms with Crippen molar-refractivity contribution in [2.45, 2.75) is 26.2 Å². The summed E-state index contributed by atoms with van der Waals surface area (Å²) in [6.45, 7) is 2.63. The second-order valence-electron chi connectivity index (χ2n) is 6.37. The molecule has 2 aromatic carbocycles. The molecule has 0 heterocycles. The number of hydrogen-bond donors (Lipinski definition) is 2. The van der Waals surface area contributed by atoms with Gasteiger partial charge in [-0.1, -0.05) is 31.9 Å². The Morgan fingerprint density at radius 1 is 0.833 bits per heavy atom. The number of hydrazine groups is 1. The molecule has 0 aliphatic carbocycles. The van der Waals surface area contributed by atoms with E-state index in [-0.39, 0.29) is 5.56 Å². The van der Waals surface area contributed by atoms with Gasteiger partial charge in [0, 0.05) is 5.56 Å². The van der Waals surface area contributed by atoms with E-state index in [2.05, 4.69) is 17.8 Å². The lowest BCUT2D eigenvalue weighted by Gasteiger charge is -2.15. The van der Waals surface area contributed by atoms with Crippen LogP contribution >= 0.6 is 0 Å². The van der Waals surface area contributed by atoms with Gasteiger partial charge in [0.05, 0.1) is 33.5 Å². The van der Waals surface area contributed by atoms with E-state index in [0.717, 1.165) is 19.3 Å². The highest BCUT2D eigenvalue weighted by Crippen LogP contribution is 2.38. The maximum absolute atomic E-state index is 12.6. The number of unbranched alkanes of at least 4 members (excludes halogenated alkanes) is 2. The number of amides is 2. The van der Waals surface area contributed by atoms with Gasteiger partial charge in [-0.3, -0.25) is 20.4 Å². The second-order valence-corrected chi connectivity index (χ2v) is 6.37. The van der Waals surface area contributed by atoms with Crippen molar-refractivity contribution in [3.63, 3.8) is 0 Å². The summed E-state index contributed by atoms with van der Waals surface area (Å²) >= 11 is 0. The van der Waals surface area contributed by atoms with Crippen LogP contribution in [0.4, 0.5) is 0 Å². The SMILES string of the molecule is CCCCCOc1ccccc1C(=O)NNC(=O)c1cc(OC)c(OC)c(OC)c1. The van der Waals surface area contributed by atoms with Crippen molar-refractivity contribution in [2.75, 3.05) is 27.9 Å². The van der Waals surface area contributed by atoms with Crippen molar-refractivity contribution in [3.05, 3.63) is 47.5 Å². The molecule has 8 heteroatoms. The Labute approximate surface area is 176 Å². The summed E-state index contributed by atoms with van der Waals surface area (Å²) in [4.78, 5) is 25.1. The van der Waals surface area contributed by atoms with Crippen LogP contribution in [0.25, 0.3) is 0 Å². The van der Waals surface area contributed by atoms with Gasteiger partial charge in [0.2, 0.25) is 5.75 Å². The summed E-state index contributed by atoms with van der Waals surface area (Å²) in [7, 11) is 4.39. The molecule has 162 valence electrons. The molecule has 30 heavy (non-hydrogen) atoms. The van der Waals surface area contributed by atoms with Crippen molar-refractivity contribution in [1.82, 2.24) is 10.9 Å². The highest BCUT2D eigenvalue weighted by Gasteiger charge is 2.18. The van der Waals surface area contributed by atoms with E-state index in [1.165, 1.54) is 33.5 Å². The third-order valence-corrected chi connectivity index (χ3v) is 4.35. The van der Waals surface area contributed by atoms with Gasteiger partial charge in [-0.15, -0.1) is 0 Å². The zero-order valence-electron chi connectivity index (χ0n) is 17.7. The monoisotopic (exact) mass is 416 g/mol. The Hall–Kier alpha value is -3.42. The molecule has 0 fully saturated rings. The van der Waals surface area contributed by atoms with E-state index in [1.54, 1.807) is 24.3 Å². The first-order valence-corrected chi connectivity index (χ1v) is 9.68. The van der Waals surface area contributed by atoms with E-state index in [0.29, 0.717) is 35.2 Å². The zero-order chi connectivity index (χ0) is 21.9. The van der Waals surface area contributed by atoms with Crippen LogP contribution in [-0.4, -0.2) is 39.8 Å². The van der Waals surface area contributed by atoms with Gasteiger partial charge in [-0.05, 0) is 30.7 Å². The smallest absolute Gasteiger partial charge is 0.273 e. The molecular weight excluding hydrogens is 388 g/mol. The van der Waals surface area contributed by atoms with Gasteiger partial charge >= 0.3 is 0 Å². The molecule has 0 aliphatic heterocycles. The third-order valence-electron chi connectivity index (χ3n) is 4.35. The predicted octanol–water partition coefficient (Wildman–Crippen LogP) is 3.36. The Kier molecular flexibility index (Phi) is 8.80. The molecule has 2 N–H and O–H groups in total. The molecule has 0 radical (unpaired) electrons. The van der Waals surface area contributed by atoms with Gasteiger partial charge < -0.3 is 18.9 Å². The average Bonchev–Trinajstić information content (AvgIpc) is 2.79. The molecule has 2 rings (SSSR count). The van der Waals surface area contributed by atoms with Gasteiger partial charge in [-0.2, -0.15) is 0 Å². The number of hydrogen-bond acceptors (Lipinski definition) is 6. The Bertz CT molecular complexity index is 843. The van der Waals surface area contributed by atoms with Crippen molar-refractivity contribution >= 4 is 11.8 Å². The summed E-state index contributed by atoms with van der Waals surface area (Å²) in [6, 6.07) is 9.87. The van der Waals surface area contributed by atoms with Crippen LogP contribution in [0, 0.1) is 0 Å². The number of benzene rings is 2. The Morgan fingerprint density at radius 2 is 1.47 bits per heavy atom. The summed E-state index contributed by atoms with van der Waals surface area (Å²) < 4.78 is 21.5. The molecule has 0 saturated carbocycles. The number of carbonyl (C=O) groups is 2. The number of methoxy groups -OCH3 is 3. The number of para-hydroxylation sites is 1. The van der Waals surface area contributed by atoms with Crippen LogP contribution in [0.15, 0.2) is 36.4 Å². The highest BCUT2D eigenvalue weighted by atomic mass is 16.5. The van der Waals surface area contributed by atoms with E-state index >= 15 is 0 Å². The van der Waals surface area contributed by atoms with Gasteiger partial charge in [0.25, 0.3) is 11.8 Å². The molecule has 2 aromatic rings. The van der Waals surface area contributed by atoms with E-state index in [9.17, 15) is 9.59 Å². The molecule has 0 unspecified atom stereocenters. The van der Waals surface area contributed by atoms with Crippen molar-refractivity contribution in [1.29, 1.82) is 0 Å². The van der Waals surface area contributed by atoms with Gasteiger partial charge in [-0.25, -0.2) is 0 Å². The van der Waals surface area contributed by atoms with Crippen molar-refractivity contribution in [2.24, 2.45) is 0 Å². The molecule has 2 amide bonds. The first-order valence-electron chi connectivity index (χ1n) is 9.68. The maximum atomic E-state index is 12.6. The first-order chi connectivity index (χ1) is 14.5. The normalized spacial score (nSPS) is 10.1. The lowest BCUT2D eigenvalue weighted by atomic mass is 10.1. The first kappa shape index (κ1) is 22.9. The maximum Gasteiger partial charge on any atom is 0.273 e. The molecule has 0 aliphatic rings. The molecular formula is C22H28N2O6. The lowest BCUT2D eigenvalue weighted by molar-refractivity contribution is 0.0844. The predicted molar refractivity (Wildman–Crippen MR) is 112 cm³/mol. The summed E-state index contributed by atoms with van der Waals surface area (Å²) in [5, 5.41) is 0. The van der Waals surface area contributed by atoms with Crippen LogP contribution in [0.3, 0.4) is 0 Å². The minimum Gasteiger partial charge on any atom is -0.493 e. The highest BCUT2D eigenvalue weighted by molar-refractivity contribution is 6.01. The quantitative estimate of drug-likeness (QED) is 0.456. The minimum absolute atomic E-state index is 0.230. The summed E-state index contributed by atoms with van der Waals surface area (Å²) in [6.07, 6.45) is 3.04. The number of rotatable bonds is 10. The van der Waals surface area contributed by atoms with E-state index in [4.69, 9.17) is 18.9 Å². The molecule has 0 aromatic heterocycles. The number of ether oxygens (including phenoxy) is 4. The standard InChI is InChI=1S/C22H28N2O6/c1-5-6-9-12-30-17-11-8-7-10-16(17)22(26)24-23-21(25)15-13-18(27-2)20(29-4)19(14-15)28-3/h7-8,10-11,13-14H,5-6,9,12H2,1-4H3,(H,23,25)(H,24,26). The topological polar surface area (TPSA) is 95.1 Å². The van der Waals surface area contributed by atoms with Crippen molar-refractivity contribution < 1.29 is 28.5 Å². The average molecular weight is 416 g/mol. The second kappa shape index (κ2) is 11.5. The molecule has 0 spiro atoms. The van der Waals surface area contributed by atoms with Gasteiger partial charge in [0.1, 0.15) is 5.75 Å². The molecule has 0 bridgehead atoms. The van der Waals surface area contributed by atoms with Crippen LogP contribution in [0.2, 0.25) is 0 Å². The number of carbonyl (C=O) groups excluding carboxylic acids is 2. The fourth-order valence-corrected chi connectivity index (χ4v) is 2.78. The summed E-state index contributed by atoms with van der Waals surface area (Å²) in [5.41, 5.74) is 5.37. The summed E-state index contributed by atoms with van der Waals surface area (Å²) in [5.74, 6) is 0.479. The fourth-order valence-electron chi connectivity index (χ4n) is 2.78. The van der Waals surface area contributed by atoms with E-state index < -0.39 is 11.8 Å². The van der Waals surface area contributed by atoms with Crippen LogP contribution in [0.5, 0.6) is 23.0 Å². The molecule has 0 saturated heterocycles. The third kappa shape index (κ3) is 5.79. The van der Waals surface area contributed by atoms with Gasteiger partial charge in [0.15, 0.2) is 11.5 Å².